The largest absolute Gasteiger partial charge is 0.385 e. The van der Waals surface area contributed by atoms with Crippen molar-refractivity contribution in [2.75, 3.05) is 49.9 Å². The van der Waals surface area contributed by atoms with Crippen LogP contribution in [0.4, 0.5) is 11.4 Å². The monoisotopic (exact) mass is 382 g/mol. The Morgan fingerprint density at radius 1 is 0.464 bits per heavy atom. The molecule has 2 aromatic carbocycles. The summed E-state index contributed by atoms with van der Waals surface area (Å²) in [5.74, 6) is 0. The number of anilines is 2. The van der Waals surface area contributed by atoms with Gasteiger partial charge in [-0.05, 0) is 100 Å². The van der Waals surface area contributed by atoms with Gasteiger partial charge in [-0.25, -0.2) is 0 Å². The van der Waals surface area contributed by atoms with Gasteiger partial charge >= 0.3 is 0 Å². The average Bonchev–Trinajstić information content (AvgIpc) is 2.61. The van der Waals surface area contributed by atoms with Gasteiger partial charge in [-0.15, -0.1) is 0 Å². The van der Waals surface area contributed by atoms with E-state index in [1.807, 2.05) is 0 Å². The second kappa shape index (κ2) is 12.4. The average molecular weight is 383 g/mol. The molecule has 2 rings (SSSR count). The molecule has 0 heterocycles. The van der Waals surface area contributed by atoms with Crippen molar-refractivity contribution in [1.29, 1.82) is 0 Å². The van der Waals surface area contributed by atoms with Crippen LogP contribution in [0.3, 0.4) is 0 Å². The lowest BCUT2D eigenvalue weighted by atomic mass is 10.1. The lowest BCUT2D eigenvalue weighted by molar-refractivity contribution is 0.595. The molecule has 4 nitrogen and oxygen atoms in total. The van der Waals surface area contributed by atoms with E-state index >= 15 is 0 Å². The number of benzene rings is 2. The smallest absolute Gasteiger partial charge is 0.0345 e. The Morgan fingerprint density at radius 2 is 0.821 bits per heavy atom. The molecular weight excluding hydrogens is 344 g/mol. The zero-order valence-electron chi connectivity index (χ0n) is 18.1. The maximum Gasteiger partial charge on any atom is 0.0345 e. The standard InChI is InChI=1S/C24H38N4/c1-19-13-20(2)16-23(15-19)27-9-5-7-25-11-12-26-8-6-10-28-24-17-21(3)14-22(4)18-24/h13-18,25-28H,5-12H2,1-4H3. The Kier molecular flexibility index (Phi) is 9.87. The van der Waals surface area contributed by atoms with E-state index in [1.54, 1.807) is 0 Å². The van der Waals surface area contributed by atoms with Crippen molar-refractivity contribution < 1.29 is 0 Å². The summed E-state index contributed by atoms with van der Waals surface area (Å²) in [4.78, 5) is 0. The molecule has 154 valence electrons. The van der Waals surface area contributed by atoms with Gasteiger partial charge in [0.1, 0.15) is 0 Å². The Balaban J connectivity index is 1.40. The van der Waals surface area contributed by atoms with Gasteiger partial charge in [-0.3, -0.25) is 0 Å². The Bertz CT molecular complexity index is 610. The first-order chi connectivity index (χ1) is 13.5. The van der Waals surface area contributed by atoms with Gasteiger partial charge in [0.05, 0.1) is 0 Å². The quantitative estimate of drug-likeness (QED) is 0.388. The van der Waals surface area contributed by atoms with Gasteiger partial charge < -0.3 is 21.3 Å². The molecule has 0 fully saturated rings. The fourth-order valence-electron chi connectivity index (χ4n) is 3.47. The van der Waals surface area contributed by atoms with Crippen LogP contribution in [0.1, 0.15) is 35.1 Å². The molecular formula is C24H38N4. The highest BCUT2D eigenvalue weighted by Gasteiger charge is 1.97. The third kappa shape index (κ3) is 9.25. The third-order valence-corrected chi connectivity index (χ3v) is 4.64. The zero-order chi connectivity index (χ0) is 20.2. The molecule has 0 saturated carbocycles. The van der Waals surface area contributed by atoms with E-state index in [4.69, 9.17) is 0 Å². The normalized spacial score (nSPS) is 10.9. The van der Waals surface area contributed by atoms with E-state index in [1.165, 1.54) is 33.6 Å². The summed E-state index contributed by atoms with van der Waals surface area (Å²) in [5, 5.41) is 14.0. The molecule has 4 N–H and O–H groups in total. The molecule has 0 bridgehead atoms. The summed E-state index contributed by atoms with van der Waals surface area (Å²) < 4.78 is 0. The number of aryl methyl sites for hydroxylation is 4. The van der Waals surface area contributed by atoms with E-state index in [0.717, 1.165) is 52.1 Å². The summed E-state index contributed by atoms with van der Waals surface area (Å²) in [6.45, 7) is 14.7. The Morgan fingerprint density at radius 3 is 1.18 bits per heavy atom. The molecule has 0 atom stereocenters. The third-order valence-electron chi connectivity index (χ3n) is 4.64. The SMILES string of the molecule is Cc1cc(C)cc(NCCCNCCNCCCNc2cc(C)cc(C)c2)c1. The highest BCUT2D eigenvalue weighted by Crippen LogP contribution is 2.14. The van der Waals surface area contributed by atoms with Crippen LogP contribution < -0.4 is 21.3 Å². The second-order valence-corrected chi connectivity index (χ2v) is 7.81. The minimum atomic E-state index is 1.01. The molecule has 28 heavy (non-hydrogen) atoms. The summed E-state index contributed by atoms with van der Waals surface area (Å²) in [6, 6.07) is 13.2. The maximum absolute atomic E-state index is 3.51. The highest BCUT2D eigenvalue weighted by molar-refractivity contribution is 5.49. The van der Waals surface area contributed by atoms with Crippen LogP contribution >= 0.6 is 0 Å². The fourth-order valence-corrected chi connectivity index (χ4v) is 3.47. The van der Waals surface area contributed by atoms with Crippen LogP contribution in [0.2, 0.25) is 0 Å². The molecule has 0 aliphatic carbocycles. The molecule has 0 unspecified atom stereocenters. The fraction of sp³-hybridized carbons (Fsp3) is 0.500. The van der Waals surface area contributed by atoms with Crippen molar-refractivity contribution in [3.05, 3.63) is 58.7 Å². The number of rotatable bonds is 13. The zero-order valence-corrected chi connectivity index (χ0v) is 18.1. The Labute approximate surface area is 171 Å². The van der Waals surface area contributed by atoms with E-state index in [2.05, 4.69) is 85.4 Å². The highest BCUT2D eigenvalue weighted by atomic mass is 14.9. The van der Waals surface area contributed by atoms with Crippen LogP contribution in [-0.4, -0.2) is 39.3 Å². The van der Waals surface area contributed by atoms with Crippen LogP contribution in [-0.2, 0) is 0 Å². The van der Waals surface area contributed by atoms with Crippen LogP contribution in [0.25, 0.3) is 0 Å². The summed E-state index contributed by atoms with van der Waals surface area (Å²) in [6.07, 6.45) is 2.26. The topological polar surface area (TPSA) is 48.1 Å². The second-order valence-electron chi connectivity index (χ2n) is 7.81. The first-order valence-corrected chi connectivity index (χ1v) is 10.6. The van der Waals surface area contributed by atoms with Crippen molar-refractivity contribution in [2.45, 2.75) is 40.5 Å². The summed E-state index contributed by atoms with van der Waals surface area (Å²) in [7, 11) is 0. The molecule has 0 radical (unpaired) electrons. The van der Waals surface area contributed by atoms with Crippen molar-refractivity contribution in [3.63, 3.8) is 0 Å². The predicted molar refractivity (Wildman–Crippen MR) is 124 cm³/mol. The molecule has 0 aliphatic rings. The predicted octanol–water partition coefficient (Wildman–Crippen LogP) is 4.40. The molecule has 2 aromatic rings. The first kappa shape index (κ1) is 22.3. The molecule has 0 aromatic heterocycles. The van der Waals surface area contributed by atoms with Crippen LogP contribution in [0, 0.1) is 27.7 Å². The van der Waals surface area contributed by atoms with Gasteiger partial charge in [-0.1, -0.05) is 12.1 Å². The lowest BCUT2D eigenvalue weighted by Crippen LogP contribution is -2.29. The van der Waals surface area contributed by atoms with E-state index in [0.29, 0.717) is 0 Å². The summed E-state index contributed by atoms with van der Waals surface area (Å²) in [5.41, 5.74) is 7.72. The van der Waals surface area contributed by atoms with Crippen molar-refractivity contribution >= 4 is 11.4 Å². The molecule has 0 amide bonds. The molecule has 0 saturated heterocycles. The van der Waals surface area contributed by atoms with E-state index in [9.17, 15) is 0 Å². The summed E-state index contributed by atoms with van der Waals surface area (Å²) >= 11 is 0. The van der Waals surface area contributed by atoms with Crippen LogP contribution in [0.5, 0.6) is 0 Å². The van der Waals surface area contributed by atoms with Gasteiger partial charge in [0, 0.05) is 37.6 Å². The van der Waals surface area contributed by atoms with Crippen LogP contribution in [0.15, 0.2) is 36.4 Å². The molecule has 4 heteroatoms. The lowest BCUT2D eigenvalue weighted by Gasteiger charge is -2.10. The first-order valence-electron chi connectivity index (χ1n) is 10.6. The van der Waals surface area contributed by atoms with Gasteiger partial charge in [0.15, 0.2) is 0 Å². The maximum atomic E-state index is 3.51. The number of hydrogen-bond donors (Lipinski definition) is 4. The number of hydrogen-bond acceptors (Lipinski definition) is 4. The molecule has 0 aliphatic heterocycles. The minimum Gasteiger partial charge on any atom is -0.385 e. The van der Waals surface area contributed by atoms with Gasteiger partial charge in [-0.2, -0.15) is 0 Å². The van der Waals surface area contributed by atoms with E-state index < -0.39 is 0 Å². The van der Waals surface area contributed by atoms with Gasteiger partial charge in [0.2, 0.25) is 0 Å². The van der Waals surface area contributed by atoms with E-state index in [-0.39, 0.29) is 0 Å². The van der Waals surface area contributed by atoms with Gasteiger partial charge in [0.25, 0.3) is 0 Å². The van der Waals surface area contributed by atoms with Crippen molar-refractivity contribution in [1.82, 2.24) is 10.6 Å². The molecule has 0 spiro atoms. The Hall–Kier alpha value is -2.04. The minimum absolute atomic E-state index is 1.01. The van der Waals surface area contributed by atoms with Crippen molar-refractivity contribution in [2.24, 2.45) is 0 Å². The van der Waals surface area contributed by atoms with Crippen molar-refractivity contribution in [3.8, 4) is 0 Å². The number of nitrogens with one attached hydrogen (secondary N) is 4.